The summed E-state index contributed by atoms with van der Waals surface area (Å²) in [4.78, 5) is 1.01. The fraction of sp³-hybridized carbons (Fsp3) is 0.222. The molecule has 3 N–H and O–H groups in total. The van der Waals surface area contributed by atoms with Crippen LogP contribution in [-0.4, -0.2) is 16.8 Å². The number of rotatable bonds is 4. The first kappa shape index (κ1) is 11.2. The zero-order chi connectivity index (χ0) is 10.4. The van der Waals surface area contributed by atoms with E-state index in [1.807, 2.05) is 24.3 Å². The minimum atomic E-state index is 0.240. The molecule has 0 radical (unpaired) electrons. The average molecular weight is 231 g/mol. The Hall–Kier alpha value is -0.870. The Labute approximate surface area is 91.9 Å². The van der Waals surface area contributed by atoms with Crippen LogP contribution in [0.4, 0.5) is 0 Å². The molecule has 5 heteroatoms. The van der Waals surface area contributed by atoms with Crippen molar-refractivity contribution in [3.05, 3.63) is 29.3 Å². The first-order valence-corrected chi connectivity index (χ1v) is 5.44. The minimum absolute atomic E-state index is 0.240. The van der Waals surface area contributed by atoms with Crippen molar-refractivity contribution in [1.29, 1.82) is 0 Å². The van der Waals surface area contributed by atoms with Crippen LogP contribution in [0.15, 0.2) is 34.3 Å². The summed E-state index contributed by atoms with van der Waals surface area (Å²) in [5.41, 5.74) is 5.33. The highest BCUT2D eigenvalue weighted by atomic mass is 35.5. The van der Waals surface area contributed by atoms with Gasteiger partial charge in [0.25, 0.3) is 0 Å². The lowest BCUT2D eigenvalue weighted by Gasteiger charge is -2.02. The van der Waals surface area contributed by atoms with E-state index in [1.165, 1.54) is 0 Å². The molecule has 0 saturated heterocycles. The monoisotopic (exact) mass is 230 g/mol. The lowest BCUT2D eigenvalue weighted by Crippen LogP contribution is -2.11. The largest absolute Gasteiger partial charge is 0.409 e. The van der Waals surface area contributed by atoms with Gasteiger partial charge in [0.2, 0.25) is 0 Å². The Morgan fingerprint density at radius 1 is 1.50 bits per heavy atom. The fourth-order valence-electron chi connectivity index (χ4n) is 0.877. The van der Waals surface area contributed by atoms with Crippen molar-refractivity contribution in [2.45, 2.75) is 11.3 Å². The summed E-state index contributed by atoms with van der Waals surface area (Å²) in [7, 11) is 0. The molecular weight excluding hydrogens is 220 g/mol. The summed E-state index contributed by atoms with van der Waals surface area (Å²) in [6.45, 7) is 0. The van der Waals surface area contributed by atoms with E-state index in [-0.39, 0.29) is 5.84 Å². The minimum Gasteiger partial charge on any atom is -0.409 e. The van der Waals surface area contributed by atoms with Gasteiger partial charge in [0.15, 0.2) is 0 Å². The number of oxime groups is 1. The maximum Gasteiger partial charge on any atom is 0.139 e. The van der Waals surface area contributed by atoms with Crippen molar-refractivity contribution >= 4 is 29.2 Å². The number of nitrogens with zero attached hydrogens (tertiary/aromatic N) is 1. The molecule has 0 amide bonds. The predicted octanol–water partition coefficient (Wildman–Crippen LogP) is 2.57. The summed E-state index contributed by atoms with van der Waals surface area (Å²) in [5, 5.41) is 11.9. The van der Waals surface area contributed by atoms with E-state index in [2.05, 4.69) is 5.16 Å². The van der Waals surface area contributed by atoms with Crippen LogP contribution in [-0.2, 0) is 0 Å². The highest BCUT2D eigenvalue weighted by Crippen LogP contribution is 2.26. The van der Waals surface area contributed by atoms with Gasteiger partial charge in [0.1, 0.15) is 5.84 Å². The quantitative estimate of drug-likeness (QED) is 0.275. The molecule has 0 saturated carbocycles. The second-order valence-corrected chi connectivity index (χ2v) is 4.16. The third kappa shape index (κ3) is 3.47. The summed E-state index contributed by atoms with van der Waals surface area (Å²) in [6.07, 6.45) is 0.548. The molecule has 0 unspecified atom stereocenters. The third-order valence-corrected chi connectivity index (χ3v) is 3.10. The number of hydrogen-bond acceptors (Lipinski definition) is 3. The van der Waals surface area contributed by atoms with Crippen LogP contribution < -0.4 is 5.73 Å². The predicted molar refractivity (Wildman–Crippen MR) is 60.2 cm³/mol. The smallest absolute Gasteiger partial charge is 0.139 e. The molecule has 3 nitrogen and oxygen atoms in total. The molecule has 1 rings (SSSR count). The summed E-state index contributed by atoms with van der Waals surface area (Å²) in [5.74, 6) is 0.990. The van der Waals surface area contributed by atoms with Gasteiger partial charge in [-0.1, -0.05) is 28.9 Å². The van der Waals surface area contributed by atoms with Gasteiger partial charge in [0, 0.05) is 17.1 Å². The second kappa shape index (κ2) is 5.78. The van der Waals surface area contributed by atoms with Gasteiger partial charge < -0.3 is 10.9 Å². The van der Waals surface area contributed by atoms with Gasteiger partial charge in [-0.2, -0.15) is 0 Å². The zero-order valence-corrected chi connectivity index (χ0v) is 9.05. The number of benzene rings is 1. The number of thioether (sulfide) groups is 1. The molecule has 0 spiro atoms. The third-order valence-electron chi connectivity index (χ3n) is 1.58. The first-order chi connectivity index (χ1) is 6.74. The molecule has 76 valence electrons. The molecule has 0 atom stereocenters. The van der Waals surface area contributed by atoms with Crippen LogP contribution >= 0.6 is 23.4 Å². The summed E-state index contributed by atoms with van der Waals surface area (Å²) >= 11 is 7.53. The Balaban J connectivity index is 2.43. The first-order valence-electron chi connectivity index (χ1n) is 4.07. The second-order valence-electron chi connectivity index (χ2n) is 2.62. The zero-order valence-electron chi connectivity index (χ0n) is 7.48. The highest BCUT2D eigenvalue weighted by molar-refractivity contribution is 7.99. The highest BCUT2D eigenvalue weighted by Gasteiger charge is 2.00. The van der Waals surface area contributed by atoms with Gasteiger partial charge in [-0.15, -0.1) is 11.8 Å². The van der Waals surface area contributed by atoms with Crippen molar-refractivity contribution in [3.63, 3.8) is 0 Å². The van der Waals surface area contributed by atoms with E-state index in [1.54, 1.807) is 11.8 Å². The van der Waals surface area contributed by atoms with Crippen molar-refractivity contribution in [2.75, 3.05) is 5.75 Å². The lowest BCUT2D eigenvalue weighted by molar-refractivity contribution is 0.317. The van der Waals surface area contributed by atoms with E-state index in [0.717, 1.165) is 15.7 Å². The van der Waals surface area contributed by atoms with Crippen LogP contribution in [0.25, 0.3) is 0 Å². The topological polar surface area (TPSA) is 58.6 Å². The summed E-state index contributed by atoms with van der Waals surface area (Å²) in [6, 6.07) is 7.60. The molecule has 0 aliphatic carbocycles. The lowest BCUT2D eigenvalue weighted by atomic mass is 10.4. The molecule has 0 aliphatic rings. The van der Waals surface area contributed by atoms with Crippen molar-refractivity contribution < 1.29 is 5.21 Å². The number of halogens is 1. The van der Waals surface area contributed by atoms with Crippen molar-refractivity contribution in [2.24, 2.45) is 10.9 Å². The average Bonchev–Trinajstić information content (AvgIpc) is 2.20. The molecule has 0 aliphatic heterocycles. The van der Waals surface area contributed by atoms with Crippen LogP contribution in [0.5, 0.6) is 0 Å². The van der Waals surface area contributed by atoms with Gasteiger partial charge in [-0.3, -0.25) is 0 Å². The number of amidine groups is 1. The van der Waals surface area contributed by atoms with Crippen LogP contribution in [0.1, 0.15) is 6.42 Å². The standard InChI is InChI=1S/C9H11ClN2OS/c10-7-3-1-2-4-8(7)14-6-5-9(11)12-13/h1-4,13H,5-6H2,(H2,11,12). The Morgan fingerprint density at radius 3 is 2.86 bits per heavy atom. The van der Waals surface area contributed by atoms with E-state index in [9.17, 15) is 0 Å². The molecule has 1 aromatic carbocycles. The van der Waals surface area contributed by atoms with Crippen molar-refractivity contribution in [3.8, 4) is 0 Å². The van der Waals surface area contributed by atoms with E-state index < -0.39 is 0 Å². The molecule has 0 aromatic heterocycles. The van der Waals surface area contributed by atoms with E-state index in [4.69, 9.17) is 22.5 Å². The Bertz CT molecular complexity index is 330. The van der Waals surface area contributed by atoms with Crippen molar-refractivity contribution in [1.82, 2.24) is 0 Å². The van der Waals surface area contributed by atoms with Crippen LogP contribution in [0.3, 0.4) is 0 Å². The molecule has 14 heavy (non-hydrogen) atoms. The number of hydrogen-bond donors (Lipinski definition) is 2. The van der Waals surface area contributed by atoms with Crippen LogP contribution in [0, 0.1) is 0 Å². The van der Waals surface area contributed by atoms with Gasteiger partial charge in [-0.05, 0) is 12.1 Å². The maximum absolute atomic E-state index is 8.31. The molecular formula is C9H11ClN2OS. The molecule has 0 heterocycles. The molecule has 0 fully saturated rings. The van der Waals surface area contributed by atoms with Crippen LogP contribution in [0.2, 0.25) is 5.02 Å². The summed E-state index contributed by atoms with van der Waals surface area (Å²) < 4.78 is 0. The molecule has 0 bridgehead atoms. The molecule has 1 aromatic rings. The van der Waals surface area contributed by atoms with E-state index >= 15 is 0 Å². The van der Waals surface area contributed by atoms with E-state index in [0.29, 0.717) is 6.42 Å². The van der Waals surface area contributed by atoms with Gasteiger partial charge >= 0.3 is 0 Å². The SMILES string of the molecule is N/C(CCSc1ccccc1Cl)=N\O. The Morgan fingerprint density at radius 2 is 2.21 bits per heavy atom. The normalized spacial score (nSPS) is 11.6. The van der Waals surface area contributed by atoms with Gasteiger partial charge in [0.05, 0.1) is 5.02 Å². The fourth-order valence-corrected chi connectivity index (χ4v) is 2.09. The maximum atomic E-state index is 8.31. The Kier molecular flexibility index (Phi) is 4.62. The number of nitrogens with two attached hydrogens (primary N) is 1. The van der Waals surface area contributed by atoms with Gasteiger partial charge in [-0.25, -0.2) is 0 Å².